The Morgan fingerprint density at radius 3 is 2.94 bits per heavy atom. The number of nitrogens with one attached hydrogen (secondary N) is 2. The third kappa shape index (κ3) is 3.23. The van der Waals surface area contributed by atoms with E-state index < -0.39 is 0 Å². The highest BCUT2D eigenvalue weighted by molar-refractivity contribution is 9.10. The second kappa shape index (κ2) is 6.20. The Kier molecular flexibility index (Phi) is 4.60. The Hall–Kier alpha value is -1.07. The van der Waals surface area contributed by atoms with Gasteiger partial charge in [-0.1, -0.05) is 34.1 Å². The molecule has 0 aliphatic carbocycles. The molecule has 2 amide bonds. The highest BCUT2D eigenvalue weighted by Crippen LogP contribution is 2.22. The first-order chi connectivity index (χ1) is 8.68. The number of hydrogen-bond acceptors (Lipinski definition) is 2. The van der Waals surface area contributed by atoms with Crippen LogP contribution in [0, 0.1) is 0 Å². The van der Waals surface area contributed by atoms with Crippen molar-refractivity contribution in [3.05, 3.63) is 34.3 Å². The van der Waals surface area contributed by atoms with Crippen LogP contribution in [0.1, 0.15) is 18.5 Å². The van der Waals surface area contributed by atoms with E-state index in [1.54, 1.807) is 0 Å². The molecule has 18 heavy (non-hydrogen) atoms. The van der Waals surface area contributed by atoms with Gasteiger partial charge in [0.25, 0.3) is 0 Å². The van der Waals surface area contributed by atoms with Gasteiger partial charge in [0.1, 0.15) is 0 Å². The molecule has 5 heteroatoms. The maximum Gasteiger partial charge on any atom is 0.317 e. The molecule has 0 radical (unpaired) electrons. The summed E-state index contributed by atoms with van der Waals surface area (Å²) in [5.74, 6) is 0. The van der Waals surface area contributed by atoms with Crippen molar-refractivity contribution >= 4 is 22.0 Å². The lowest BCUT2D eigenvalue weighted by Crippen LogP contribution is -2.35. The van der Waals surface area contributed by atoms with Crippen LogP contribution in [0.2, 0.25) is 0 Å². The summed E-state index contributed by atoms with van der Waals surface area (Å²) >= 11 is 3.55. The first-order valence-corrected chi connectivity index (χ1v) is 6.98. The highest BCUT2D eigenvalue weighted by atomic mass is 79.9. The normalized spacial score (nSPS) is 16.8. The van der Waals surface area contributed by atoms with Crippen LogP contribution in [0.4, 0.5) is 4.79 Å². The van der Waals surface area contributed by atoms with Gasteiger partial charge in [-0.25, -0.2) is 4.79 Å². The number of carbonyl (C=O) groups excluding carboxylic acids is 1. The molecule has 1 aliphatic rings. The number of rotatable bonds is 5. The molecule has 0 saturated carbocycles. The van der Waals surface area contributed by atoms with Crippen molar-refractivity contribution in [3.8, 4) is 0 Å². The summed E-state index contributed by atoms with van der Waals surface area (Å²) in [7, 11) is 0. The fourth-order valence-corrected chi connectivity index (χ4v) is 2.70. The van der Waals surface area contributed by atoms with E-state index in [1.807, 2.05) is 23.1 Å². The molecule has 0 bridgehead atoms. The van der Waals surface area contributed by atoms with Crippen LogP contribution in [-0.4, -0.2) is 37.1 Å². The van der Waals surface area contributed by atoms with Crippen molar-refractivity contribution in [2.75, 3.05) is 26.2 Å². The first kappa shape index (κ1) is 13.4. The summed E-state index contributed by atoms with van der Waals surface area (Å²) < 4.78 is 1.11. The Labute approximate surface area is 116 Å². The number of nitrogens with zero attached hydrogens (tertiary/aromatic N) is 1. The van der Waals surface area contributed by atoms with Gasteiger partial charge in [0, 0.05) is 36.7 Å². The van der Waals surface area contributed by atoms with Crippen LogP contribution >= 0.6 is 15.9 Å². The molecule has 2 rings (SSSR count). The molecule has 1 heterocycles. The van der Waals surface area contributed by atoms with Crippen molar-refractivity contribution in [1.29, 1.82) is 0 Å². The highest BCUT2D eigenvalue weighted by Gasteiger charge is 2.18. The average Bonchev–Trinajstić information content (AvgIpc) is 2.75. The van der Waals surface area contributed by atoms with Gasteiger partial charge < -0.3 is 15.5 Å². The zero-order valence-corrected chi connectivity index (χ0v) is 12.0. The molecule has 1 aliphatic heterocycles. The van der Waals surface area contributed by atoms with Gasteiger partial charge in [0.15, 0.2) is 0 Å². The van der Waals surface area contributed by atoms with Crippen molar-refractivity contribution in [3.63, 3.8) is 0 Å². The third-order valence-electron chi connectivity index (χ3n) is 3.15. The molecule has 98 valence electrons. The quantitative estimate of drug-likeness (QED) is 0.875. The van der Waals surface area contributed by atoms with Crippen LogP contribution in [0.3, 0.4) is 0 Å². The van der Waals surface area contributed by atoms with E-state index in [4.69, 9.17) is 0 Å². The van der Waals surface area contributed by atoms with Gasteiger partial charge in [-0.3, -0.25) is 0 Å². The molecule has 0 unspecified atom stereocenters. The molecular weight excluding hydrogens is 294 g/mol. The summed E-state index contributed by atoms with van der Waals surface area (Å²) in [6.45, 7) is 5.25. The summed E-state index contributed by atoms with van der Waals surface area (Å²) in [4.78, 5) is 13.2. The third-order valence-corrected chi connectivity index (χ3v) is 3.87. The summed E-state index contributed by atoms with van der Waals surface area (Å²) in [6.07, 6.45) is 0. The lowest BCUT2D eigenvalue weighted by atomic mass is 10.1. The maximum atomic E-state index is 11.4. The van der Waals surface area contributed by atoms with E-state index in [9.17, 15) is 4.79 Å². The Balaban J connectivity index is 1.80. The molecule has 1 aromatic carbocycles. The number of halogens is 1. The lowest BCUT2D eigenvalue weighted by Gasteiger charge is -2.19. The van der Waals surface area contributed by atoms with Crippen molar-refractivity contribution in [2.24, 2.45) is 0 Å². The van der Waals surface area contributed by atoms with Crippen LogP contribution in [-0.2, 0) is 0 Å². The van der Waals surface area contributed by atoms with E-state index in [0.717, 1.165) is 30.7 Å². The summed E-state index contributed by atoms with van der Waals surface area (Å²) in [5, 5.41) is 6.24. The second-order valence-corrected chi connectivity index (χ2v) is 5.27. The van der Waals surface area contributed by atoms with Crippen LogP contribution in [0.15, 0.2) is 28.7 Å². The van der Waals surface area contributed by atoms with E-state index in [1.165, 1.54) is 5.56 Å². The standard InChI is InChI=1S/C13H18BrN3O/c1-10(11-4-2-3-5-12(11)14)15-6-8-17-9-7-16-13(17)18/h2-5,10,15H,6-9H2,1H3,(H,16,18)/t10-/m1/s1. The predicted molar refractivity (Wildman–Crippen MR) is 75.5 cm³/mol. The van der Waals surface area contributed by atoms with Crippen LogP contribution < -0.4 is 10.6 Å². The monoisotopic (exact) mass is 311 g/mol. The number of amides is 2. The van der Waals surface area contributed by atoms with Gasteiger partial charge in [0.2, 0.25) is 0 Å². The first-order valence-electron chi connectivity index (χ1n) is 6.19. The number of hydrogen-bond donors (Lipinski definition) is 2. The molecule has 1 saturated heterocycles. The molecule has 1 atom stereocenters. The van der Waals surface area contributed by atoms with Gasteiger partial charge >= 0.3 is 6.03 Å². The van der Waals surface area contributed by atoms with E-state index in [0.29, 0.717) is 0 Å². The topological polar surface area (TPSA) is 44.4 Å². The summed E-state index contributed by atoms with van der Waals surface area (Å²) in [6, 6.07) is 8.50. The average molecular weight is 312 g/mol. The maximum absolute atomic E-state index is 11.4. The minimum atomic E-state index is 0.0466. The van der Waals surface area contributed by atoms with Crippen LogP contribution in [0.25, 0.3) is 0 Å². The molecular formula is C13H18BrN3O. The fraction of sp³-hybridized carbons (Fsp3) is 0.462. The second-order valence-electron chi connectivity index (χ2n) is 4.42. The Morgan fingerprint density at radius 2 is 2.28 bits per heavy atom. The molecule has 2 N–H and O–H groups in total. The minimum absolute atomic E-state index is 0.0466. The number of benzene rings is 1. The molecule has 4 nitrogen and oxygen atoms in total. The summed E-state index contributed by atoms with van der Waals surface area (Å²) in [5.41, 5.74) is 1.24. The fourth-order valence-electron chi connectivity index (χ4n) is 2.08. The van der Waals surface area contributed by atoms with E-state index in [-0.39, 0.29) is 12.1 Å². The number of carbonyl (C=O) groups is 1. The van der Waals surface area contributed by atoms with Crippen LogP contribution in [0.5, 0.6) is 0 Å². The largest absolute Gasteiger partial charge is 0.336 e. The molecule has 1 fully saturated rings. The SMILES string of the molecule is C[C@@H](NCCN1CCNC1=O)c1ccccc1Br. The van der Waals surface area contributed by atoms with Gasteiger partial charge in [0.05, 0.1) is 0 Å². The zero-order chi connectivity index (χ0) is 13.0. The van der Waals surface area contributed by atoms with Crippen molar-refractivity contribution in [1.82, 2.24) is 15.5 Å². The van der Waals surface area contributed by atoms with Crippen molar-refractivity contribution in [2.45, 2.75) is 13.0 Å². The minimum Gasteiger partial charge on any atom is -0.336 e. The Bertz CT molecular complexity index is 424. The zero-order valence-electron chi connectivity index (χ0n) is 10.4. The van der Waals surface area contributed by atoms with E-state index in [2.05, 4.69) is 39.6 Å². The van der Waals surface area contributed by atoms with Gasteiger partial charge in [-0.15, -0.1) is 0 Å². The smallest absolute Gasteiger partial charge is 0.317 e. The lowest BCUT2D eigenvalue weighted by molar-refractivity contribution is 0.217. The van der Waals surface area contributed by atoms with Crippen molar-refractivity contribution < 1.29 is 4.79 Å². The predicted octanol–water partition coefficient (Wildman–Crippen LogP) is 2.12. The van der Waals surface area contributed by atoms with Gasteiger partial charge in [-0.05, 0) is 18.6 Å². The molecule has 0 aromatic heterocycles. The molecule has 1 aromatic rings. The Morgan fingerprint density at radius 1 is 1.50 bits per heavy atom. The number of urea groups is 1. The van der Waals surface area contributed by atoms with Gasteiger partial charge in [-0.2, -0.15) is 0 Å². The molecule has 0 spiro atoms. The van der Waals surface area contributed by atoms with E-state index >= 15 is 0 Å².